The fraction of sp³-hybridized carbons (Fsp3) is 0.286. The van der Waals surface area contributed by atoms with E-state index in [9.17, 15) is 0 Å². The summed E-state index contributed by atoms with van der Waals surface area (Å²) in [5.74, 6) is 0. The van der Waals surface area contributed by atoms with E-state index in [0.29, 0.717) is 0 Å². The first-order valence-electron chi connectivity index (χ1n) is 3.04. The van der Waals surface area contributed by atoms with Crippen LogP contribution in [0.3, 0.4) is 0 Å². The van der Waals surface area contributed by atoms with Crippen LogP contribution in [0.25, 0.3) is 0 Å². The Balaban J connectivity index is 3.01. The van der Waals surface area contributed by atoms with Gasteiger partial charge in [0, 0.05) is 12.4 Å². The molecular formula is C7H9BN. The van der Waals surface area contributed by atoms with Crippen LogP contribution in [-0.4, -0.2) is 12.3 Å². The van der Waals surface area contributed by atoms with Gasteiger partial charge in [0.15, 0.2) is 0 Å². The van der Waals surface area contributed by atoms with Gasteiger partial charge in [-0.3, -0.25) is 4.98 Å². The molecule has 45 valence electrons. The topological polar surface area (TPSA) is 12.9 Å². The molecule has 1 heterocycles. The molecule has 1 rings (SSSR count). The molecule has 1 aromatic heterocycles. The Kier molecular flexibility index (Phi) is 1.88. The molecule has 0 aliphatic carbocycles. The minimum absolute atomic E-state index is 1.24. The molecule has 0 fully saturated rings. The number of aryl methyl sites for hydroxylation is 1. The highest BCUT2D eigenvalue weighted by Gasteiger charge is 1.91. The normalized spacial score (nSPS) is 9.11. The van der Waals surface area contributed by atoms with Gasteiger partial charge in [0.25, 0.3) is 0 Å². The van der Waals surface area contributed by atoms with Gasteiger partial charge in [0.2, 0.25) is 0 Å². The molecule has 1 aromatic rings. The highest BCUT2D eigenvalue weighted by atomic mass is 14.6. The Hall–Kier alpha value is -0.785. The van der Waals surface area contributed by atoms with Gasteiger partial charge >= 0.3 is 0 Å². The van der Waals surface area contributed by atoms with E-state index in [0.717, 1.165) is 0 Å². The summed E-state index contributed by atoms with van der Waals surface area (Å²) in [4.78, 5) is 3.97. The lowest BCUT2D eigenvalue weighted by atomic mass is 9.72. The Morgan fingerprint density at radius 2 is 2.33 bits per heavy atom. The lowest BCUT2D eigenvalue weighted by Gasteiger charge is -1.97. The number of rotatable bonds is 1. The first-order chi connectivity index (χ1) is 4.34. The lowest BCUT2D eigenvalue weighted by molar-refractivity contribution is 1.29. The molecule has 0 N–H and O–H groups in total. The predicted octanol–water partition coefficient (Wildman–Crippen LogP) is 0.768. The summed E-state index contributed by atoms with van der Waals surface area (Å²) < 4.78 is 0. The zero-order chi connectivity index (χ0) is 6.69. The average molecular weight is 118 g/mol. The minimum Gasteiger partial charge on any atom is -0.265 e. The largest absolute Gasteiger partial charge is 0.265 e. The number of nitrogens with zero attached hydrogens (tertiary/aromatic N) is 1. The van der Waals surface area contributed by atoms with Gasteiger partial charge in [-0.05, 0) is 18.6 Å². The van der Waals surface area contributed by atoms with Gasteiger partial charge in [-0.2, -0.15) is 0 Å². The van der Waals surface area contributed by atoms with Crippen LogP contribution in [0.1, 0.15) is 5.56 Å². The summed E-state index contributed by atoms with van der Waals surface area (Å²) in [5, 5.41) is 0. The first-order valence-corrected chi connectivity index (χ1v) is 3.04. The summed E-state index contributed by atoms with van der Waals surface area (Å²) in [6.45, 7) is 4.09. The Bertz CT molecular complexity index is 198. The third-order valence-electron chi connectivity index (χ3n) is 1.37. The molecule has 2 heteroatoms. The summed E-state index contributed by atoms with van der Waals surface area (Å²) in [7, 11) is 2.08. The van der Waals surface area contributed by atoms with E-state index in [2.05, 4.69) is 19.2 Å². The molecule has 0 saturated heterocycles. The highest BCUT2D eigenvalue weighted by molar-refractivity contribution is 6.52. The molecule has 0 spiro atoms. The summed E-state index contributed by atoms with van der Waals surface area (Å²) in [6, 6.07) is 2.01. The van der Waals surface area contributed by atoms with Gasteiger partial charge in [0.05, 0.1) is 0 Å². The second-order valence-electron chi connectivity index (χ2n) is 2.02. The maximum atomic E-state index is 3.97. The smallest absolute Gasteiger partial charge is 0.148 e. The van der Waals surface area contributed by atoms with Crippen LogP contribution < -0.4 is 5.46 Å². The van der Waals surface area contributed by atoms with Crippen LogP contribution in [0.4, 0.5) is 0 Å². The van der Waals surface area contributed by atoms with Crippen molar-refractivity contribution in [1.29, 1.82) is 0 Å². The van der Waals surface area contributed by atoms with E-state index < -0.39 is 0 Å². The lowest BCUT2D eigenvalue weighted by Crippen LogP contribution is -2.13. The first kappa shape index (κ1) is 6.34. The van der Waals surface area contributed by atoms with E-state index in [1.165, 1.54) is 11.0 Å². The van der Waals surface area contributed by atoms with E-state index >= 15 is 0 Å². The average Bonchev–Trinajstić information content (AvgIpc) is 1.89. The summed E-state index contributed by atoms with van der Waals surface area (Å²) in [5.41, 5.74) is 2.50. The van der Waals surface area contributed by atoms with Crippen molar-refractivity contribution in [3.05, 3.63) is 24.0 Å². The number of pyridine rings is 1. The molecule has 0 unspecified atom stereocenters. The van der Waals surface area contributed by atoms with Crippen molar-refractivity contribution in [2.24, 2.45) is 0 Å². The quantitative estimate of drug-likeness (QED) is 0.496. The van der Waals surface area contributed by atoms with Crippen molar-refractivity contribution in [2.45, 2.75) is 13.7 Å². The van der Waals surface area contributed by atoms with Crippen molar-refractivity contribution < 1.29 is 0 Å². The Labute approximate surface area is 56.4 Å². The minimum atomic E-state index is 1.24. The molecule has 0 aliphatic rings. The molecule has 1 radical (unpaired) electrons. The molecule has 0 bridgehead atoms. The van der Waals surface area contributed by atoms with E-state index in [-0.39, 0.29) is 0 Å². The molecular weight excluding hydrogens is 109 g/mol. The molecule has 0 aliphatic heterocycles. The van der Waals surface area contributed by atoms with Crippen molar-refractivity contribution >= 4 is 12.7 Å². The van der Waals surface area contributed by atoms with Crippen LogP contribution in [0.15, 0.2) is 18.5 Å². The second-order valence-corrected chi connectivity index (χ2v) is 2.02. The van der Waals surface area contributed by atoms with Crippen molar-refractivity contribution in [3.8, 4) is 0 Å². The Morgan fingerprint density at radius 1 is 1.56 bits per heavy atom. The van der Waals surface area contributed by atoms with Crippen molar-refractivity contribution in [1.82, 2.24) is 4.98 Å². The molecule has 0 saturated carbocycles. The SMILES string of the molecule is C[B]c1ccncc1C. The molecule has 0 aromatic carbocycles. The molecule has 0 amide bonds. The zero-order valence-corrected chi connectivity index (χ0v) is 5.76. The van der Waals surface area contributed by atoms with E-state index in [1.807, 2.05) is 25.3 Å². The van der Waals surface area contributed by atoms with Crippen LogP contribution in [0.2, 0.25) is 6.82 Å². The maximum Gasteiger partial charge on any atom is 0.148 e. The third kappa shape index (κ3) is 1.32. The third-order valence-corrected chi connectivity index (χ3v) is 1.37. The van der Waals surface area contributed by atoms with Crippen molar-refractivity contribution in [3.63, 3.8) is 0 Å². The van der Waals surface area contributed by atoms with Crippen LogP contribution in [0.5, 0.6) is 0 Å². The molecule has 0 atom stereocenters. The summed E-state index contributed by atoms with van der Waals surface area (Å²) in [6.07, 6.45) is 3.68. The molecule has 1 nitrogen and oxygen atoms in total. The fourth-order valence-electron chi connectivity index (χ4n) is 0.808. The van der Waals surface area contributed by atoms with Crippen molar-refractivity contribution in [2.75, 3.05) is 0 Å². The van der Waals surface area contributed by atoms with Crippen LogP contribution >= 0.6 is 0 Å². The van der Waals surface area contributed by atoms with Gasteiger partial charge in [0.1, 0.15) is 7.28 Å². The number of aromatic nitrogens is 1. The highest BCUT2D eigenvalue weighted by Crippen LogP contribution is 1.86. The Morgan fingerprint density at radius 3 is 2.78 bits per heavy atom. The van der Waals surface area contributed by atoms with Crippen LogP contribution in [-0.2, 0) is 0 Å². The number of hydrogen-bond donors (Lipinski definition) is 0. The van der Waals surface area contributed by atoms with Gasteiger partial charge in [-0.15, -0.1) is 0 Å². The van der Waals surface area contributed by atoms with Gasteiger partial charge < -0.3 is 0 Å². The maximum absolute atomic E-state index is 3.97. The number of hydrogen-bond acceptors (Lipinski definition) is 1. The zero-order valence-electron chi connectivity index (χ0n) is 5.76. The second kappa shape index (κ2) is 2.67. The standard InChI is InChI=1S/C7H9BN/c1-6-5-9-4-3-7(6)8-2/h3-5H,1-2H3. The van der Waals surface area contributed by atoms with Gasteiger partial charge in [-0.25, -0.2) is 0 Å². The predicted molar refractivity (Wildman–Crippen MR) is 40.2 cm³/mol. The monoisotopic (exact) mass is 118 g/mol. The molecule has 9 heavy (non-hydrogen) atoms. The van der Waals surface area contributed by atoms with E-state index in [4.69, 9.17) is 0 Å². The van der Waals surface area contributed by atoms with E-state index in [1.54, 1.807) is 0 Å². The summed E-state index contributed by atoms with van der Waals surface area (Å²) >= 11 is 0. The van der Waals surface area contributed by atoms with Gasteiger partial charge in [-0.1, -0.05) is 12.3 Å². The van der Waals surface area contributed by atoms with Crippen LogP contribution in [0, 0.1) is 6.92 Å². The fourth-order valence-corrected chi connectivity index (χ4v) is 0.808.